The molecule has 1 heterocycles. The molecule has 0 atom stereocenters. The minimum absolute atomic E-state index is 0.0422. The predicted molar refractivity (Wildman–Crippen MR) is 62.3 cm³/mol. The quantitative estimate of drug-likeness (QED) is 0.773. The number of nitrogens with two attached hydrogens (primary N) is 1. The zero-order chi connectivity index (χ0) is 13.8. The van der Waals surface area contributed by atoms with E-state index in [0.29, 0.717) is 5.69 Å². The number of carbonyl (C=O) groups excluding carboxylic acids is 2. The third-order valence-corrected chi connectivity index (χ3v) is 1.72. The Bertz CT molecular complexity index is 435. The highest BCUT2D eigenvalue weighted by Gasteiger charge is 2.16. The number of carbonyl (C=O) groups is 2. The van der Waals surface area contributed by atoms with Crippen molar-refractivity contribution in [2.75, 3.05) is 0 Å². The van der Waals surface area contributed by atoms with E-state index in [4.69, 9.17) is 10.5 Å². The van der Waals surface area contributed by atoms with Crippen molar-refractivity contribution in [1.29, 1.82) is 0 Å². The molecule has 0 aliphatic rings. The molecule has 2 amide bonds. The molecule has 100 valence electrons. The number of nitrogens with one attached hydrogen (secondary N) is 1. The monoisotopic (exact) mass is 255 g/mol. The molecule has 1 aromatic heterocycles. The van der Waals surface area contributed by atoms with E-state index < -0.39 is 17.6 Å². The second kappa shape index (κ2) is 5.48. The van der Waals surface area contributed by atoms with E-state index in [1.807, 2.05) is 0 Å². The third-order valence-electron chi connectivity index (χ3n) is 1.72. The number of nitrogens with zero attached hydrogens (tertiary/aromatic N) is 3. The summed E-state index contributed by atoms with van der Waals surface area (Å²) in [5.74, 6) is -0.508. The maximum absolute atomic E-state index is 11.4. The van der Waals surface area contributed by atoms with Crippen LogP contribution in [0.1, 0.15) is 26.5 Å². The van der Waals surface area contributed by atoms with Crippen LogP contribution in [0.2, 0.25) is 0 Å². The van der Waals surface area contributed by atoms with Gasteiger partial charge in [-0.2, -0.15) is 0 Å². The number of primary amides is 1. The largest absolute Gasteiger partial charge is 0.444 e. The first-order valence-electron chi connectivity index (χ1n) is 5.40. The van der Waals surface area contributed by atoms with E-state index in [0.717, 1.165) is 0 Å². The van der Waals surface area contributed by atoms with Gasteiger partial charge < -0.3 is 15.8 Å². The third kappa shape index (κ3) is 5.28. The molecule has 0 aliphatic heterocycles. The Labute approximate surface area is 104 Å². The molecule has 0 fully saturated rings. The van der Waals surface area contributed by atoms with Crippen molar-refractivity contribution >= 4 is 12.0 Å². The summed E-state index contributed by atoms with van der Waals surface area (Å²) in [4.78, 5) is 22.0. The Hall–Kier alpha value is -2.12. The zero-order valence-electron chi connectivity index (χ0n) is 10.6. The van der Waals surface area contributed by atoms with E-state index in [1.54, 1.807) is 20.8 Å². The number of aromatic nitrogens is 3. The van der Waals surface area contributed by atoms with Gasteiger partial charge in [-0.05, 0) is 20.8 Å². The Kier molecular flexibility index (Phi) is 4.24. The van der Waals surface area contributed by atoms with Crippen molar-refractivity contribution in [3.05, 3.63) is 11.9 Å². The van der Waals surface area contributed by atoms with E-state index in [-0.39, 0.29) is 13.1 Å². The Morgan fingerprint density at radius 2 is 2.17 bits per heavy atom. The molecule has 1 rings (SSSR count). The molecule has 0 aromatic carbocycles. The van der Waals surface area contributed by atoms with Crippen LogP contribution in [0.4, 0.5) is 4.79 Å². The van der Waals surface area contributed by atoms with Gasteiger partial charge in [-0.25, -0.2) is 9.48 Å². The average Bonchev–Trinajstić information content (AvgIpc) is 2.59. The normalized spacial score (nSPS) is 11.1. The number of alkyl carbamates (subject to hydrolysis) is 1. The molecular formula is C10H17N5O3. The number of hydrogen-bond acceptors (Lipinski definition) is 5. The van der Waals surface area contributed by atoms with Gasteiger partial charge in [-0.1, -0.05) is 5.21 Å². The van der Waals surface area contributed by atoms with Crippen LogP contribution in [0.5, 0.6) is 0 Å². The summed E-state index contributed by atoms with van der Waals surface area (Å²) in [5.41, 5.74) is 4.98. The second-order valence-corrected chi connectivity index (χ2v) is 4.73. The summed E-state index contributed by atoms with van der Waals surface area (Å²) in [6, 6.07) is 0. The summed E-state index contributed by atoms with van der Waals surface area (Å²) in [7, 11) is 0. The molecule has 0 saturated heterocycles. The first-order chi connectivity index (χ1) is 8.26. The maximum atomic E-state index is 11.4. The van der Waals surface area contributed by atoms with E-state index in [9.17, 15) is 9.59 Å². The van der Waals surface area contributed by atoms with Gasteiger partial charge in [0.15, 0.2) is 0 Å². The smallest absolute Gasteiger partial charge is 0.407 e. The first kappa shape index (κ1) is 13.9. The molecule has 18 heavy (non-hydrogen) atoms. The fourth-order valence-corrected chi connectivity index (χ4v) is 1.13. The van der Waals surface area contributed by atoms with Gasteiger partial charge in [0.05, 0.1) is 12.7 Å². The number of hydrogen-bond donors (Lipinski definition) is 2. The summed E-state index contributed by atoms with van der Waals surface area (Å²) in [5, 5.41) is 9.98. The van der Waals surface area contributed by atoms with Gasteiger partial charge in [-0.15, -0.1) is 5.10 Å². The van der Waals surface area contributed by atoms with Crippen molar-refractivity contribution in [3.63, 3.8) is 0 Å². The van der Waals surface area contributed by atoms with Gasteiger partial charge in [0.2, 0.25) is 5.91 Å². The Morgan fingerprint density at radius 1 is 1.50 bits per heavy atom. The molecule has 0 spiro atoms. The molecule has 1 aromatic rings. The van der Waals surface area contributed by atoms with E-state index in [2.05, 4.69) is 15.6 Å². The van der Waals surface area contributed by atoms with Crippen LogP contribution in [0, 0.1) is 0 Å². The first-order valence-corrected chi connectivity index (χ1v) is 5.40. The lowest BCUT2D eigenvalue weighted by Crippen LogP contribution is -2.32. The van der Waals surface area contributed by atoms with Crippen LogP contribution in [0.25, 0.3) is 0 Å². The highest BCUT2D eigenvalue weighted by Crippen LogP contribution is 2.06. The molecule has 3 N–H and O–H groups in total. The molecule has 0 aliphatic carbocycles. The molecule has 8 nitrogen and oxygen atoms in total. The van der Waals surface area contributed by atoms with Gasteiger partial charge in [0.25, 0.3) is 0 Å². The van der Waals surface area contributed by atoms with Gasteiger partial charge in [0.1, 0.15) is 17.8 Å². The van der Waals surface area contributed by atoms with Crippen molar-refractivity contribution in [2.24, 2.45) is 5.73 Å². The van der Waals surface area contributed by atoms with Gasteiger partial charge in [0, 0.05) is 0 Å². The summed E-state index contributed by atoms with van der Waals surface area (Å²) < 4.78 is 6.35. The minimum atomic E-state index is -0.548. The molecule has 0 saturated carbocycles. The number of rotatable bonds is 4. The zero-order valence-corrected chi connectivity index (χ0v) is 10.6. The molecule has 0 radical (unpaired) electrons. The van der Waals surface area contributed by atoms with Crippen molar-refractivity contribution in [3.8, 4) is 0 Å². The van der Waals surface area contributed by atoms with E-state index >= 15 is 0 Å². The highest BCUT2D eigenvalue weighted by molar-refractivity contribution is 5.73. The number of amides is 2. The second-order valence-electron chi connectivity index (χ2n) is 4.73. The van der Waals surface area contributed by atoms with Gasteiger partial charge in [-0.3, -0.25) is 4.79 Å². The van der Waals surface area contributed by atoms with Crippen LogP contribution < -0.4 is 11.1 Å². The summed E-state index contributed by atoms with van der Waals surface area (Å²) >= 11 is 0. The molecule has 0 unspecified atom stereocenters. The van der Waals surface area contributed by atoms with Crippen molar-refractivity contribution in [2.45, 2.75) is 39.5 Å². The Morgan fingerprint density at radius 3 is 2.72 bits per heavy atom. The van der Waals surface area contributed by atoms with Crippen molar-refractivity contribution in [1.82, 2.24) is 20.3 Å². The van der Waals surface area contributed by atoms with Crippen LogP contribution in [0.15, 0.2) is 6.20 Å². The van der Waals surface area contributed by atoms with Crippen LogP contribution in [-0.2, 0) is 22.6 Å². The van der Waals surface area contributed by atoms with Crippen LogP contribution in [-0.4, -0.2) is 32.6 Å². The fourth-order valence-electron chi connectivity index (χ4n) is 1.13. The summed E-state index contributed by atoms with van der Waals surface area (Å²) in [6.45, 7) is 5.45. The lowest BCUT2D eigenvalue weighted by molar-refractivity contribution is -0.118. The molecule has 0 bridgehead atoms. The topological polar surface area (TPSA) is 112 Å². The standard InChI is InChI=1S/C10H17N5O3/c1-10(2,3)18-9(17)12-4-7-5-15(14-13-7)6-8(11)16/h5H,4,6H2,1-3H3,(H2,11,16)(H,12,17). The lowest BCUT2D eigenvalue weighted by Gasteiger charge is -2.19. The van der Waals surface area contributed by atoms with Crippen molar-refractivity contribution < 1.29 is 14.3 Å². The van der Waals surface area contributed by atoms with Gasteiger partial charge >= 0.3 is 6.09 Å². The SMILES string of the molecule is CC(C)(C)OC(=O)NCc1cn(CC(N)=O)nn1. The highest BCUT2D eigenvalue weighted by atomic mass is 16.6. The number of ether oxygens (including phenoxy) is 1. The van der Waals surface area contributed by atoms with Crippen LogP contribution in [0.3, 0.4) is 0 Å². The maximum Gasteiger partial charge on any atom is 0.407 e. The Balaban J connectivity index is 2.42. The van der Waals surface area contributed by atoms with Crippen LogP contribution >= 0.6 is 0 Å². The summed E-state index contributed by atoms with van der Waals surface area (Å²) in [6.07, 6.45) is 0.995. The van der Waals surface area contributed by atoms with E-state index in [1.165, 1.54) is 10.9 Å². The lowest BCUT2D eigenvalue weighted by atomic mass is 10.2. The minimum Gasteiger partial charge on any atom is -0.444 e. The molecular weight excluding hydrogens is 238 g/mol. The predicted octanol–water partition coefficient (Wildman–Crippen LogP) is -0.212. The fraction of sp³-hybridized carbons (Fsp3) is 0.600. The average molecular weight is 255 g/mol. The molecule has 8 heteroatoms.